The van der Waals surface area contributed by atoms with Crippen LogP contribution in [-0.2, 0) is 0 Å². The molecular weight excluding hydrogens is 266 g/mol. The molecule has 0 bridgehead atoms. The third-order valence-corrected chi connectivity index (χ3v) is 4.01. The fourth-order valence-electron chi connectivity index (χ4n) is 2.11. The summed E-state index contributed by atoms with van der Waals surface area (Å²) in [6.45, 7) is 7.24. The molecule has 0 N–H and O–H groups in total. The molecule has 0 aliphatic carbocycles. The summed E-state index contributed by atoms with van der Waals surface area (Å²) in [6, 6.07) is 8.58. The van der Waals surface area contributed by atoms with E-state index in [0.29, 0.717) is 0 Å². The molecule has 0 aliphatic heterocycles. The maximum absolute atomic E-state index is 9.52. The van der Waals surface area contributed by atoms with Gasteiger partial charge in [-0.05, 0) is 38.4 Å². The molecular formula is C16H25N3S. The standard InChI is InChI=1S/C16H25N3S/c1-5-10-19(12-11-18(3)4)15-8-7-9-16(20-6-2)14(15)13-17/h7-9H,5-6,10-12H2,1-4H3. The Morgan fingerprint density at radius 1 is 1.15 bits per heavy atom. The van der Waals surface area contributed by atoms with E-state index in [0.717, 1.165) is 48.0 Å². The average Bonchev–Trinajstić information content (AvgIpc) is 2.43. The summed E-state index contributed by atoms with van der Waals surface area (Å²) in [5.41, 5.74) is 1.90. The molecule has 0 atom stereocenters. The first kappa shape index (κ1) is 16.9. The van der Waals surface area contributed by atoms with Crippen LogP contribution in [0.4, 0.5) is 5.69 Å². The van der Waals surface area contributed by atoms with Crippen molar-refractivity contribution in [1.29, 1.82) is 5.26 Å². The number of nitrogens with zero attached hydrogens (tertiary/aromatic N) is 3. The van der Waals surface area contributed by atoms with E-state index in [1.165, 1.54) is 0 Å². The van der Waals surface area contributed by atoms with Gasteiger partial charge in [0.1, 0.15) is 6.07 Å². The number of nitriles is 1. The second-order valence-corrected chi connectivity index (χ2v) is 6.29. The Bertz CT molecular complexity index is 452. The second-order valence-electron chi connectivity index (χ2n) is 4.99. The van der Waals surface area contributed by atoms with E-state index in [2.05, 4.69) is 55.9 Å². The molecule has 0 aromatic heterocycles. The van der Waals surface area contributed by atoms with Crippen LogP contribution in [-0.4, -0.2) is 44.4 Å². The zero-order valence-corrected chi connectivity index (χ0v) is 13.8. The van der Waals surface area contributed by atoms with Crippen molar-refractivity contribution in [2.75, 3.05) is 44.4 Å². The molecule has 1 rings (SSSR count). The smallest absolute Gasteiger partial charge is 0.103 e. The minimum atomic E-state index is 0.826. The highest BCUT2D eigenvalue weighted by Crippen LogP contribution is 2.30. The van der Waals surface area contributed by atoms with E-state index in [9.17, 15) is 5.26 Å². The Balaban J connectivity index is 3.05. The molecule has 0 fully saturated rings. The van der Waals surface area contributed by atoms with Crippen LogP contribution >= 0.6 is 11.8 Å². The summed E-state index contributed by atoms with van der Waals surface area (Å²) >= 11 is 1.74. The lowest BCUT2D eigenvalue weighted by atomic mass is 10.1. The number of likely N-dealkylation sites (N-methyl/N-ethyl adjacent to an activating group) is 1. The molecule has 0 aliphatic rings. The van der Waals surface area contributed by atoms with Crippen molar-refractivity contribution in [3.63, 3.8) is 0 Å². The number of hydrogen-bond acceptors (Lipinski definition) is 4. The molecule has 3 nitrogen and oxygen atoms in total. The van der Waals surface area contributed by atoms with Crippen molar-refractivity contribution in [2.24, 2.45) is 0 Å². The number of anilines is 1. The summed E-state index contributed by atoms with van der Waals surface area (Å²) in [4.78, 5) is 5.61. The van der Waals surface area contributed by atoms with Crippen LogP contribution in [0.2, 0.25) is 0 Å². The molecule has 0 heterocycles. The van der Waals surface area contributed by atoms with Gasteiger partial charge in [-0.15, -0.1) is 11.8 Å². The highest BCUT2D eigenvalue weighted by molar-refractivity contribution is 7.99. The normalized spacial score (nSPS) is 10.6. The number of rotatable bonds is 8. The number of benzene rings is 1. The van der Waals surface area contributed by atoms with E-state index < -0.39 is 0 Å². The summed E-state index contributed by atoms with van der Waals surface area (Å²) in [7, 11) is 4.16. The van der Waals surface area contributed by atoms with E-state index >= 15 is 0 Å². The molecule has 0 spiro atoms. The van der Waals surface area contributed by atoms with Crippen molar-refractivity contribution in [3.05, 3.63) is 23.8 Å². The van der Waals surface area contributed by atoms with E-state index in [-0.39, 0.29) is 0 Å². The molecule has 4 heteroatoms. The fourth-order valence-corrected chi connectivity index (χ4v) is 2.89. The van der Waals surface area contributed by atoms with E-state index in [1.54, 1.807) is 11.8 Å². The van der Waals surface area contributed by atoms with Gasteiger partial charge < -0.3 is 9.80 Å². The van der Waals surface area contributed by atoms with E-state index in [4.69, 9.17) is 0 Å². The van der Waals surface area contributed by atoms with Crippen LogP contribution in [0.15, 0.2) is 23.1 Å². The summed E-state index contributed by atoms with van der Waals surface area (Å²) < 4.78 is 0. The molecule has 1 aromatic rings. The molecule has 110 valence electrons. The van der Waals surface area contributed by atoms with Gasteiger partial charge in [0, 0.05) is 24.5 Å². The van der Waals surface area contributed by atoms with Gasteiger partial charge in [-0.3, -0.25) is 0 Å². The third-order valence-electron chi connectivity index (χ3n) is 3.07. The van der Waals surface area contributed by atoms with Gasteiger partial charge >= 0.3 is 0 Å². The van der Waals surface area contributed by atoms with Crippen molar-refractivity contribution < 1.29 is 0 Å². The van der Waals surface area contributed by atoms with Crippen LogP contribution in [0, 0.1) is 11.3 Å². The monoisotopic (exact) mass is 291 g/mol. The summed E-state index contributed by atoms with van der Waals surface area (Å²) in [5, 5.41) is 9.52. The van der Waals surface area contributed by atoms with Gasteiger partial charge in [-0.1, -0.05) is 19.9 Å². The summed E-state index contributed by atoms with van der Waals surface area (Å²) in [6.07, 6.45) is 1.09. The predicted octanol–water partition coefficient (Wildman–Crippen LogP) is 3.45. The predicted molar refractivity (Wildman–Crippen MR) is 88.6 cm³/mol. The van der Waals surface area contributed by atoms with E-state index in [1.807, 2.05) is 6.07 Å². The zero-order valence-electron chi connectivity index (χ0n) is 13.0. The topological polar surface area (TPSA) is 30.3 Å². The lowest BCUT2D eigenvalue weighted by Gasteiger charge is -2.27. The Kier molecular flexibility index (Phi) is 7.50. The molecule has 0 saturated carbocycles. The lowest BCUT2D eigenvalue weighted by Crippen LogP contribution is -2.32. The van der Waals surface area contributed by atoms with Crippen molar-refractivity contribution >= 4 is 17.4 Å². The molecule has 20 heavy (non-hydrogen) atoms. The Morgan fingerprint density at radius 3 is 2.45 bits per heavy atom. The van der Waals surface area contributed by atoms with Crippen LogP contribution in [0.1, 0.15) is 25.8 Å². The van der Waals surface area contributed by atoms with Crippen LogP contribution in [0.5, 0.6) is 0 Å². The van der Waals surface area contributed by atoms with Crippen molar-refractivity contribution in [1.82, 2.24) is 4.90 Å². The van der Waals surface area contributed by atoms with Crippen LogP contribution in [0.25, 0.3) is 0 Å². The zero-order chi connectivity index (χ0) is 15.0. The van der Waals surface area contributed by atoms with Crippen LogP contribution < -0.4 is 4.90 Å². The lowest BCUT2D eigenvalue weighted by molar-refractivity contribution is 0.413. The largest absolute Gasteiger partial charge is 0.369 e. The molecule has 0 saturated heterocycles. The maximum Gasteiger partial charge on any atom is 0.103 e. The summed E-state index contributed by atoms with van der Waals surface area (Å²) in [5.74, 6) is 0.990. The Hall–Kier alpha value is -1.18. The Morgan fingerprint density at radius 2 is 1.90 bits per heavy atom. The molecule has 0 radical (unpaired) electrons. The number of thioether (sulfide) groups is 1. The first-order valence-corrected chi connectivity index (χ1v) is 8.18. The van der Waals surface area contributed by atoms with Gasteiger partial charge in [0.05, 0.1) is 11.3 Å². The van der Waals surface area contributed by atoms with Gasteiger partial charge in [-0.25, -0.2) is 0 Å². The Labute approximate surface area is 127 Å². The fraction of sp³-hybridized carbons (Fsp3) is 0.562. The second kappa shape index (κ2) is 8.89. The van der Waals surface area contributed by atoms with Gasteiger partial charge in [0.15, 0.2) is 0 Å². The maximum atomic E-state index is 9.52. The molecule has 0 unspecified atom stereocenters. The third kappa shape index (κ3) is 4.73. The van der Waals surface area contributed by atoms with Crippen molar-refractivity contribution in [3.8, 4) is 6.07 Å². The average molecular weight is 291 g/mol. The van der Waals surface area contributed by atoms with Crippen LogP contribution in [0.3, 0.4) is 0 Å². The minimum absolute atomic E-state index is 0.826. The van der Waals surface area contributed by atoms with Crippen molar-refractivity contribution in [2.45, 2.75) is 25.2 Å². The molecule has 0 amide bonds. The first-order chi connectivity index (χ1) is 9.63. The number of hydrogen-bond donors (Lipinski definition) is 0. The molecule has 1 aromatic carbocycles. The minimum Gasteiger partial charge on any atom is -0.369 e. The van der Waals surface area contributed by atoms with Gasteiger partial charge in [0.25, 0.3) is 0 Å². The highest BCUT2D eigenvalue weighted by Gasteiger charge is 2.14. The SMILES string of the molecule is CCCN(CCN(C)C)c1cccc(SCC)c1C#N. The highest BCUT2D eigenvalue weighted by atomic mass is 32.2. The van der Waals surface area contributed by atoms with Gasteiger partial charge in [0.2, 0.25) is 0 Å². The quantitative estimate of drug-likeness (QED) is 0.686. The van der Waals surface area contributed by atoms with Gasteiger partial charge in [-0.2, -0.15) is 5.26 Å². The first-order valence-electron chi connectivity index (χ1n) is 7.19.